The summed E-state index contributed by atoms with van der Waals surface area (Å²) in [5, 5.41) is 4.37. The van der Waals surface area contributed by atoms with Gasteiger partial charge >= 0.3 is 0 Å². The van der Waals surface area contributed by atoms with Crippen molar-refractivity contribution in [3.63, 3.8) is 0 Å². The molecule has 4 heteroatoms. The van der Waals surface area contributed by atoms with E-state index in [2.05, 4.69) is 5.10 Å². The van der Waals surface area contributed by atoms with Crippen molar-refractivity contribution in [2.24, 2.45) is 0 Å². The molecule has 0 saturated heterocycles. The molecule has 0 aliphatic rings. The van der Waals surface area contributed by atoms with E-state index in [1.54, 1.807) is 18.0 Å². The number of hydrogen-bond donors (Lipinski definition) is 0. The third-order valence-corrected chi connectivity index (χ3v) is 2.60. The Morgan fingerprint density at radius 3 is 2.59 bits per heavy atom. The Morgan fingerprint density at radius 2 is 2.06 bits per heavy atom. The van der Waals surface area contributed by atoms with E-state index < -0.39 is 0 Å². The smallest absolute Gasteiger partial charge is 0.153 e. The summed E-state index contributed by atoms with van der Waals surface area (Å²) in [6, 6.07) is 7.51. The summed E-state index contributed by atoms with van der Waals surface area (Å²) in [7, 11) is 1.62. The number of aldehydes is 1. The first kappa shape index (κ1) is 11.4. The number of rotatable bonds is 4. The maximum absolute atomic E-state index is 11.0. The number of aromatic nitrogens is 2. The van der Waals surface area contributed by atoms with Gasteiger partial charge in [0.15, 0.2) is 6.29 Å². The van der Waals surface area contributed by atoms with Crippen molar-refractivity contribution in [3.8, 4) is 17.0 Å². The normalized spacial score (nSPS) is 10.2. The molecule has 2 rings (SSSR count). The quantitative estimate of drug-likeness (QED) is 0.757. The minimum absolute atomic E-state index is 0.608. The fourth-order valence-electron chi connectivity index (χ4n) is 1.66. The van der Waals surface area contributed by atoms with Crippen molar-refractivity contribution in [1.82, 2.24) is 9.78 Å². The van der Waals surface area contributed by atoms with Gasteiger partial charge in [-0.05, 0) is 31.2 Å². The molecule has 0 aliphatic carbocycles. The van der Waals surface area contributed by atoms with Gasteiger partial charge in [-0.3, -0.25) is 9.48 Å². The average Bonchev–Trinajstić information content (AvgIpc) is 2.82. The Labute approximate surface area is 99.8 Å². The molecule has 17 heavy (non-hydrogen) atoms. The highest BCUT2D eigenvalue weighted by Crippen LogP contribution is 2.23. The molecule has 1 aromatic heterocycles. The number of ether oxygens (including phenoxy) is 1. The van der Waals surface area contributed by atoms with Gasteiger partial charge in [0, 0.05) is 18.3 Å². The Morgan fingerprint density at radius 1 is 1.35 bits per heavy atom. The van der Waals surface area contributed by atoms with Gasteiger partial charge in [0.2, 0.25) is 0 Å². The van der Waals surface area contributed by atoms with Crippen LogP contribution in [-0.2, 0) is 6.54 Å². The van der Waals surface area contributed by atoms with E-state index in [1.807, 2.05) is 31.2 Å². The van der Waals surface area contributed by atoms with E-state index in [0.717, 1.165) is 24.1 Å². The number of carbonyl (C=O) groups excluding carboxylic acids is 1. The zero-order chi connectivity index (χ0) is 12.3. The molecule has 4 nitrogen and oxygen atoms in total. The van der Waals surface area contributed by atoms with Crippen molar-refractivity contribution < 1.29 is 9.53 Å². The molecule has 1 heterocycles. The molecule has 0 spiro atoms. The Kier molecular flexibility index (Phi) is 3.23. The number of carbonyl (C=O) groups is 1. The first-order chi connectivity index (χ1) is 8.28. The topological polar surface area (TPSA) is 44.1 Å². The van der Waals surface area contributed by atoms with Gasteiger partial charge < -0.3 is 4.74 Å². The molecular weight excluding hydrogens is 216 g/mol. The monoisotopic (exact) mass is 230 g/mol. The second kappa shape index (κ2) is 4.82. The lowest BCUT2D eigenvalue weighted by molar-refractivity contribution is 0.112. The van der Waals surface area contributed by atoms with Gasteiger partial charge in [-0.15, -0.1) is 0 Å². The standard InChI is InChI=1S/C13H14N2O2/c1-3-15-8-11(9-16)13(14-15)10-4-6-12(17-2)7-5-10/h4-9H,3H2,1-2H3. The van der Waals surface area contributed by atoms with E-state index >= 15 is 0 Å². The van der Waals surface area contributed by atoms with Gasteiger partial charge in [-0.1, -0.05) is 0 Å². The molecule has 2 aromatic rings. The van der Waals surface area contributed by atoms with Crippen LogP contribution in [0.2, 0.25) is 0 Å². The van der Waals surface area contributed by atoms with Crippen molar-refractivity contribution in [2.45, 2.75) is 13.5 Å². The summed E-state index contributed by atoms with van der Waals surface area (Å²) in [6.07, 6.45) is 2.59. The Balaban J connectivity index is 2.43. The third-order valence-electron chi connectivity index (χ3n) is 2.60. The predicted octanol–water partition coefficient (Wildman–Crippen LogP) is 2.39. The van der Waals surface area contributed by atoms with Gasteiger partial charge in [-0.2, -0.15) is 5.10 Å². The van der Waals surface area contributed by atoms with E-state index in [4.69, 9.17) is 4.74 Å². The number of methoxy groups -OCH3 is 1. The molecule has 0 radical (unpaired) electrons. The highest BCUT2D eigenvalue weighted by molar-refractivity contribution is 5.85. The van der Waals surface area contributed by atoms with Crippen molar-refractivity contribution in [1.29, 1.82) is 0 Å². The van der Waals surface area contributed by atoms with Gasteiger partial charge in [0.1, 0.15) is 11.4 Å². The fraction of sp³-hybridized carbons (Fsp3) is 0.231. The molecule has 0 fully saturated rings. The lowest BCUT2D eigenvalue weighted by Crippen LogP contribution is -1.93. The van der Waals surface area contributed by atoms with Crippen LogP contribution in [0.1, 0.15) is 17.3 Å². The first-order valence-electron chi connectivity index (χ1n) is 5.45. The maximum atomic E-state index is 11.0. The second-order valence-electron chi connectivity index (χ2n) is 3.64. The van der Waals surface area contributed by atoms with Crippen LogP contribution in [0.5, 0.6) is 5.75 Å². The number of nitrogens with zero attached hydrogens (tertiary/aromatic N) is 2. The molecule has 0 saturated carbocycles. The summed E-state index contributed by atoms with van der Waals surface area (Å²) in [5.41, 5.74) is 2.24. The van der Waals surface area contributed by atoms with Crippen LogP contribution >= 0.6 is 0 Å². The van der Waals surface area contributed by atoms with Crippen LogP contribution in [0.25, 0.3) is 11.3 Å². The van der Waals surface area contributed by atoms with Gasteiger partial charge in [-0.25, -0.2) is 0 Å². The molecular formula is C13H14N2O2. The Hall–Kier alpha value is -2.10. The maximum Gasteiger partial charge on any atom is 0.153 e. The van der Waals surface area contributed by atoms with E-state index in [-0.39, 0.29) is 0 Å². The zero-order valence-corrected chi connectivity index (χ0v) is 9.88. The van der Waals surface area contributed by atoms with Gasteiger partial charge in [0.25, 0.3) is 0 Å². The molecule has 0 unspecified atom stereocenters. The highest BCUT2D eigenvalue weighted by Gasteiger charge is 2.09. The molecule has 0 bridgehead atoms. The van der Waals surface area contributed by atoms with Crippen LogP contribution in [0, 0.1) is 0 Å². The molecule has 0 amide bonds. The van der Waals surface area contributed by atoms with E-state index in [9.17, 15) is 4.79 Å². The summed E-state index contributed by atoms with van der Waals surface area (Å²) in [5.74, 6) is 0.788. The first-order valence-corrected chi connectivity index (χ1v) is 5.45. The van der Waals surface area contributed by atoms with Gasteiger partial charge in [0.05, 0.1) is 12.7 Å². The SMILES string of the molecule is CCn1cc(C=O)c(-c2ccc(OC)cc2)n1. The molecule has 0 atom stereocenters. The zero-order valence-electron chi connectivity index (χ0n) is 9.88. The Bertz CT molecular complexity index is 515. The summed E-state index contributed by atoms with van der Waals surface area (Å²) >= 11 is 0. The largest absolute Gasteiger partial charge is 0.497 e. The van der Waals surface area contributed by atoms with Crippen molar-refractivity contribution in [3.05, 3.63) is 36.0 Å². The molecule has 1 aromatic carbocycles. The fourth-order valence-corrected chi connectivity index (χ4v) is 1.66. The second-order valence-corrected chi connectivity index (χ2v) is 3.64. The summed E-state index contributed by atoms with van der Waals surface area (Å²) in [4.78, 5) is 11.0. The third kappa shape index (κ3) is 2.20. The summed E-state index contributed by atoms with van der Waals surface area (Å²) < 4.78 is 6.85. The predicted molar refractivity (Wildman–Crippen MR) is 65.3 cm³/mol. The molecule has 0 N–H and O–H groups in total. The van der Waals surface area contributed by atoms with Crippen LogP contribution < -0.4 is 4.74 Å². The lowest BCUT2D eigenvalue weighted by Gasteiger charge is -2.01. The van der Waals surface area contributed by atoms with Crippen LogP contribution in [-0.4, -0.2) is 23.2 Å². The minimum Gasteiger partial charge on any atom is -0.497 e. The van der Waals surface area contributed by atoms with Crippen LogP contribution in [0.3, 0.4) is 0 Å². The van der Waals surface area contributed by atoms with Crippen molar-refractivity contribution in [2.75, 3.05) is 7.11 Å². The van der Waals surface area contributed by atoms with Crippen LogP contribution in [0.4, 0.5) is 0 Å². The number of benzene rings is 1. The van der Waals surface area contributed by atoms with Crippen LogP contribution in [0.15, 0.2) is 30.5 Å². The van der Waals surface area contributed by atoms with E-state index in [1.165, 1.54) is 0 Å². The van der Waals surface area contributed by atoms with E-state index in [0.29, 0.717) is 11.3 Å². The average molecular weight is 230 g/mol. The summed E-state index contributed by atoms with van der Waals surface area (Å²) in [6.45, 7) is 2.73. The number of aryl methyl sites for hydroxylation is 1. The highest BCUT2D eigenvalue weighted by atomic mass is 16.5. The minimum atomic E-state index is 0.608. The lowest BCUT2D eigenvalue weighted by atomic mass is 10.1. The molecule has 88 valence electrons. The number of hydrogen-bond acceptors (Lipinski definition) is 3. The molecule has 0 aliphatic heterocycles. The van der Waals surface area contributed by atoms with Crippen molar-refractivity contribution >= 4 is 6.29 Å².